The summed E-state index contributed by atoms with van der Waals surface area (Å²) in [5, 5.41) is 10.7. The number of rotatable bonds is 2. The predicted molar refractivity (Wildman–Crippen MR) is 88.2 cm³/mol. The van der Waals surface area contributed by atoms with E-state index in [1.807, 2.05) is 0 Å². The molecule has 2 heterocycles. The van der Waals surface area contributed by atoms with Crippen LogP contribution in [0.15, 0.2) is 22.7 Å². The largest absolute Gasteiger partial charge is 0.507 e. The second-order valence-electron chi connectivity index (χ2n) is 4.88. The van der Waals surface area contributed by atoms with Crippen LogP contribution in [0.3, 0.4) is 0 Å². The Morgan fingerprint density at radius 3 is 2.64 bits per heavy atom. The van der Waals surface area contributed by atoms with Gasteiger partial charge in [-0.1, -0.05) is 15.9 Å². The molecule has 2 aromatic rings. The van der Waals surface area contributed by atoms with E-state index in [2.05, 4.69) is 30.2 Å². The maximum Gasteiger partial charge on any atom is 0.257 e. The molecule has 1 aliphatic heterocycles. The van der Waals surface area contributed by atoms with E-state index in [0.717, 1.165) is 9.60 Å². The maximum absolute atomic E-state index is 12.5. The molecule has 22 heavy (non-hydrogen) atoms. The van der Waals surface area contributed by atoms with E-state index in [1.54, 1.807) is 17.0 Å². The van der Waals surface area contributed by atoms with Gasteiger partial charge >= 0.3 is 0 Å². The van der Waals surface area contributed by atoms with Gasteiger partial charge < -0.3 is 20.6 Å². The Morgan fingerprint density at radius 2 is 2.05 bits per heavy atom. The molecule has 0 atom stereocenters. The summed E-state index contributed by atoms with van der Waals surface area (Å²) in [6, 6.07) is 4.89. The third kappa shape index (κ3) is 3.00. The van der Waals surface area contributed by atoms with Crippen molar-refractivity contribution in [3.63, 3.8) is 0 Å². The smallest absolute Gasteiger partial charge is 0.257 e. The third-order valence-corrected chi connectivity index (χ3v) is 4.74. The molecular weight excluding hydrogens is 370 g/mol. The summed E-state index contributed by atoms with van der Waals surface area (Å²) in [6.45, 7) is 2.46. The Bertz CT molecular complexity index is 699. The number of aromatic hydroxyl groups is 1. The monoisotopic (exact) mass is 383 g/mol. The first-order valence-electron chi connectivity index (χ1n) is 6.66. The molecule has 1 aromatic carbocycles. The average Bonchev–Trinajstić information content (AvgIpc) is 2.93. The molecule has 0 bridgehead atoms. The molecule has 1 saturated heterocycles. The average molecular weight is 384 g/mol. The number of carbonyl (C=O) groups excluding carboxylic acids is 1. The number of nitrogens with zero attached hydrogens (tertiary/aromatic N) is 4. The van der Waals surface area contributed by atoms with Crippen molar-refractivity contribution in [3.05, 3.63) is 28.2 Å². The quantitative estimate of drug-likeness (QED) is 0.816. The van der Waals surface area contributed by atoms with Crippen LogP contribution in [0.25, 0.3) is 0 Å². The highest BCUT2D eigenvalue weighted by molar-refractivity contribution is 9.10. The van der Waals surface area contributed by atoms with Gasteiger partial charge in [-0.05, 0) is 18.2 Å². The number of phenolic OH excluding ortho intramolecular Hbond substituents is 1. The molecule has 9 heteroatoms. The molecule has 116 valence electrons. The van der Waals surface area contributed by atoms with Crippen LogP contribution in [0.2, 0.25) is 0 Å². The molecule has 1 aromatic heterocycles. The normalized spacial score (nSPS) is 15.1. The maximum atomic E-state index is 12.5. The summed E-state index contributed by atoms with van der Waals surface area (Å²) >= 11 is 4.52. The molecule has 1 fully saturated rings. The van der Waals surface area contributed by atoms with E-state index in [-0.39, 0.29) is 17.6 Å². The second kappa shape index (κ2) is 6.09. The highest BCUT2D eigenvalue weighted by Gasteiger charge is 2.25. The minimum atomic E-state index is -0.165. The van der Waals surface area contributed by atoms with E-state index < -0.39 is 0 Å². The van der Waals surface area contributed by atoms with Crippen LogP contribution in [-0.4, -0.2) is 51.5 Å². The summed E-state index contributed by atoms with van der Waals surface area (Å²) in [5.74, 6) is 0.0958. The lowest BCUT2D eigenvalue weighted by Crippen LogP contribution is -2.48. The molecule has 0 radical (unpaired) electrons. The van der Waals surface area contributed by atoms with E-state index in [1.165, 1.54) is 17.6 Å². The Kier molecular flexibility index (Phi) is 4.16. The first-order valence-corrected chi connectivity index (χ1v) is 8.23. The van der Waals surface area contributed by atoms with Crippen molar-refractivity contribution in [2.24, 2.45) is 0 Å². The molecule has 7 nitrogen and oxygen atoms in total. The minimum absolute atomic E-state index is 0.0151. The van der Waals surface area contributed by atoms with Crippen LogP contribution in [-0.2, 0) is 0 Å². The van der Waals surface area contributed by atoms with Crippen molar-refractivity contribution in [2.75, 3.05) is 36.8 Å². The number of benzene rings is 1. The van der Waals surface area contributed by atoms with Gasteiger partial charge in [-0.3, -0.25) is 4.79 Å². The van der Waals surface area contributed by atoms with Gasteiger partial charge in [0.25, 0.3) is 5.91 Å². The number of nitrogens with two attached hydrogens (primary N) is 1. The molecule has 3 N–H and O–H groups in total. The van der Waals surface area contributed by atoms with Gasteiger partial charge in [0, 0.05) is 42.2 Å². The number of aromatic nitrogens is 2. The Hall–Kier alpha value is -1.87. The van der Waals surface area contributed by atoms with Crippen molar-refractivity contribution in [3.8, 4) is 5.75 Å². The van der Waals surface area contributed by atoms with Gasteiger partial charge in [0.2, 0.25) is 11.1 Å². The zero-order valence-electron chi connectivity index (χ0n) is 11.6. The molecule has 0 spiro atoms. The van der Waals surface area contributed by atoms with Crippen molar-refractivity contribution in [2.45, 2.75) is 0 Å². The van der Waals surface area contributed by atoms with Gasteiger partial charge in [0.05, 0.1) is 5.56 Å². The number of carbonyl (C=O) groups is 1. The molecular formula is C13H14BrN5O2S. The molecule has 0 saturated carbocycles. The van der Waals surface area contributed by atoms with Gasteiger partial charge in [0.15, 0.2) is 0 Å². The first kappa shape index (κ1) is 15.0. The number of phenols is 1. The zero-order valence-corrected chi connectivity index (χ0v) is 14.0. The number of halogens is 1. The summed E-state index contributed by atoms with van der Waals surface area (Å²) in [5.41, 5.74) is 5.85. The molecule has 1 aliphatic rings. The number of anilines is 2. The minimum Gasteiger partial charge on any atom is -0.507 e. The Balaban J connectivity index is 1.67. The first-order chi connectivity index (χ1) is 10.5. The van der Waals surface area contributed by atoms with Crippen LogP contribution in [0.1, 0.15) is 10.4 Å². The topological polar surface area (TPSA) is 95.6 Å². The number of amides is 1. The van der Waals surface area contributed by atoms with Crippen LogP contribution < -0.4 is 10.6 Å². The van der Waals surface area contributed by atoms with Crippen molar-refractivity contribution >= 4 is 44.4 Å². The summed E-state index contributed by atoms with van der Waals surface area (Å²) in [6.07, 6.45) is 0. The fraction of sp³-hybridized carbons (Fsp3) is 0.308. The van der Waals surface area contributed by atoms with Crippen LogP contribution in [0.4, 0.5) is 11.1 Å². The highest BCUT2D eigenvalue weighted by atomic mass is 79.9. The Morgan fingerprint density at radius 1 is 1.32 bits per heavy atom. The lowest BCUT2D eigenvalue weighted by molar-refractivity contribution is 0.0743. The van der Waals surface area contributed by atoms with Gasteiger partial charge in [-0.2, -0.15) is 9.36 Å². The van der Waals surface area contributed by atoms with E-state index in [0.29, 0.717) is 31.7 Å². The summed E-state index contributed by atoms with van der Waals surface area (Å²) < 4.78 is 4.70. The van der Waals surface area contributed by atoms with E-state index in [4.69, 9.17) is 5.73 Å². The molecule has 1 amide bonds. The van der Waals surface area contributed by atoms with Gasteiger partial charge in [-0.15, -0.1) is 0 Å². The van der Waals surface area contributed by atoms with Crippen LogP contribution >= 0.6 is 27.5 Å². The summed E-state index contributed by atoms with van der Waals surface area (Å²) in [7, 11) is 0. The van der Waals surface area contributed by atoms with Gasteiger partial charge in [-0.25, -0.2) is 0 Å². The molecule has 3 rings (SSSR count). The van der Waals surface area contributed by atoms with Crippen LogP contribution in [0, 0.1) is 0 Å². The number of hydrogen-bond donors (Lipinski definition) is 2. The Labute approximate surface area is 139 Å². The number of hydrogen-bond acceptors (Lipinski definition) is 7. The highest BCUT2D eigenvalue weighted by Crippen LogP contribution is 2.25. The molecule has 0 unspecified atom stereocenters. The standard InChI is InChI=1S/C13H14BrN5O2S/c14-8-1-2-9(10(20)7-8)11(21)18-3-5-19(6-4-18)13-16-12(15)17-22-13/h1-2,7,20H,3-6H2,(H2,15,17). The fourth-order valence-corrected chi connectivity index (χ4v) is 3.31. The lowest BCUT2D eigenvalue weighted by atomic mass is 10.1. The third-order valence-electron chi connectivity index (χ3n) is 3.46. The van der Waals surface area contributed by atoms with E-state index >= 15 is 0 Å². The second-order valence-corrected chi connectivity index (χ2v) is 6.52. The van der Waals surface area contributed by atoms with Crippen molar-refractivity contribution in [1.82, 2.24) is 14.3 Å². The lowest BCUT2D eigenvalue weighted by Gasteiger charge is -2.34. The SMILES string of the molecule is Nc1nsc(N2CCN(C(=O)c3ccc(Br)cc3O)CC2)n1. The number of piperazine rings is 1. The van der Waals surface area contributed by atoms with Crippen molar-refractivity contribution < 1.29 is 9.90 Å². The number of nitrogen functional groups attached to an aromatic ring is 1. The van der Waals surface area contributed by atoms with E-state index in [9.17, 15) is 9.90 Å². The predicted octanol–water partition coefficient (Wildman–Crippen LogP) is 1.55. The zero-order chi connectivity index (χ0) is 15.7. The van der Waals surface area contributed by atoms with Crippen molar-refractivity contribution in [1.29, 1.82) is 0 Å². The van der Waals surface area contributed by atoms with Gasteiger partial charge in [0.1, 0.15) is 5.75 Å². The molecule has 0 aliphatic carbocycles. The fourth-order valence-electron chi connectivity index (χ4n) is 2.31. The van der Waals surface area contributed by atoms with Crippen LogP contribution in [0.5, 0.6) is 5.75 Å². The summed E-state index contributed by atoms with van der Waals surface area (Å²) in [4.78, 5) is 20.4.